The third-order valence-corrected chi connectivity index (χ3v) is 4.74. The van der Waals surface area contributed by atoms with Crippen molar-refractivity contribution in [3.63, 3.8) is 0 Å². The summed E-state index contributed by atoms with van der Waals surface area (Å²) in [5, 5.41) is 0.215. The van der Waals surface area contributed by atoms with Gasteiger partial charge in [-0.2, -0.15) is 26.3 Å². The Bertz CT molecular complexity index is 679. The van der Waals surface area contributed by atoms with Gasteiger partial charge in [-0.05, 0) is 30.7 Å². The Morgan fingerprint density at radius 2 is 1.58 bits per heavy atom. The molecule has 1 heterocycles. The Balaban J connectivity index is 2.15. The number of likely N-dealkylation sites (tertiary alicyclic amines) is 1. The summed E-state index contributed by atoms with van der Waals surface area (Å²) in [5.74, 6) is -3.17. The first-order valence-electron chi connectivity index (χ1n) is 6.91. The Kier molecular flexibility index (Phi) is 3.67. The molecule has 0 aromatic heterocycles. The van der Waals surface area contributed by atoms with Gasteiger partial charge in [-0.1, -0.05) is 23.8 Å². The van der Waals surface area contributed by atoms with Crippen LogP contribution in [0.15, 0.2) is 36.4 Å². The van der Waals surface area contributed by atoms with Gasteiger partial charge in [0, 0.05) is 16.5 Å². The van der Waals surface area contributed by atoms with Crippen LogP contribution in [0.4, 0.5) is 26.3 Å². The number of benzene rings is 1. The van der Waals surface area contributed by atoms with Gasteiger partial charge in [-0.15, -0.1) is 0 Å². The van der Waals surface area contributed by atoms with Crippen molar-refractivity contribution in [2.75, 3.05) is 0 Å². The van der Waals surface area contributed by atoms with Gasteiger partial charge in [0.15, 0.2) is 0 Å². The van der Waals surface area contributed by atoms with E-state index in [2.05, 4.69) is 0 Å². The summed E-state index contributed by atoms with van der Waals surface area (Å²) in [6, 6.07) is 3.45. The normalized spacial score (nSPS) is 25.4. The molecule has 1 aliphatic heterocycles. The summed E-state index contributed by atoms with van der Waals surface area (Å²) >= 11 is 5.64. The molecule has 0 N–H and O–H groups in total. The largest absolute Gasteiger partial charge is 0.421 e. The number of nitrogens with zero attached hydrogens (tertiary/aromatic N) is 1. The smallest absolute Gasteiger partial charge is 0.309 e. The number of hydrogen-bond acceptors (Lipinski definition) is 1. The lowest BCUT2D eigenvalue weighted by atomic mass is 9.83. The maximum atomic E-state index is 13.6. The van der Waals surface area contributed by atoms with Crippen LogP contribution in [0.5, 0.6) is 0 Å². The summed E-state index contributed by atoms with van der Waals surface area (Å²) in [6.45, 7) is 0. The van der Waals surface area contributed by atoms with E-state index in [1.807, 2.05) is 0 Å². The lowest BCUT2D eigenvalue weighted by Gasteiger charge is -2.46. The predicted molar refractivity (Wildman–Crippen MR) is 73.5 cm³/mol. The van der Waals surface area contributed by atoms with Crippen molar-refractivity contribution in [1.82, 2.24) is 4.90 Å². The highest BCUT2D eigenvalue weighted by molar-refractivity contribution is 6.30. The number of carbonyl (C=O) groups excluding carboxylic acids is 1. The maximum Gasteiger partial charge on any atom is 0.421 e. The topological polar surface area (TPSA) is 20.3 Å². The zero-order valence-electron chi connectivity index (χ0n) is 11.8. The molecule has 0 radical (unpaired) electrons. The third-order valence-electron chi connectivity index (χ3n) is 4.48. The van der Waals surface area contributed by atoms with Crippen molar-refractivity contribution < 1.29 is 31.1 Å². The minimum atomic E-state index is -5.66. The molecule has 0 spiro atoms. The van der Waals surface area contributed by atoms with Crippen LogP contribution in [0.1, 0.15) is 16.8 Å². The zero-order valence-corrected chi connectivity index (χ0v) is 12.6. The lowest BCUT2D eigenvalue weighted by molar-refractivity contribution is -0.336. The van der Waals surface area contributed by atoms with E-state index >= 15 is 0 Å². The fourth-order valence-electron chi connectivity index (χ4n) is 3.52. The van der Waals surface area contributed by atoms with Crippen molar-refractivity contribution in [2.45, 2.75) is 30.4 Å². The molecular weight excluding hydrogens is 360 g/mol. The standard InChI is InChI=1S/C15H10ClF6NO/c16-10-4-1-8(2-5-10)12(24)23-11-6-3-9(7-11)13(23,14(17,18)19)15(20,21)22/h1-6,9,11H,7H2/t9-,11+/m0/s1. The van der Waals surface area contributed by atoms with Crippen LogP contribution >= 0.6 is 11.6 Å². The summed E-state index contributed by atoms with van der Waals surface area (Å²) in [6.07, 6.45) is -9.60. The van der Waals surface area contributed by atoms with Gasteiger partial charge in [-0.25, -0.2) is 0 Å². The number of carbonyl (C=O) groups is 1. The fraction of sp³-hybridized carbons (Fsp3) is 0.400. The Morgan fingerprint density at radius 3 is 2.08 bits per heavy atom. The first kappa shape index (κ1) is 17.1. The van der Waals surface area contributed by atoms with E-state index in [-0.39, 0.29) is 15.5 Å². The van der Waals surface area contributed by atoms with Crippen LogP contribution in [-0.4, -0.2) is 34.7 Å². The highest BCUT2D eigenvalue weighted by atomic mass is 35.5. The number of amides is 1. The van der Waals surface area contributed by atoms with Crippen LogP contribution in [-0.2, 0) is 0 Å². The van der Waals surface area contributed by atoms with Gasteiger partial charge < -0.3 is 4.90 Å². The van der Waals surface area contributed by atoms with Gasteiger partial charge >= 0.3 is 12.4 Å². The molecule has 2 aliphatic rings. The molecule has 3 rings (SSSR count). The summed E-state index contributed by atoms with van der Waals surface area (Å²) in [5.41, 5.74) is -4.49. The zero-order chi connectivity index (χ0) is 17.9. The van der Waals surface area contributed by atoms with Crippen molar-refractivity contribution in [3.05, 3.63) is 47.0 Å². The molecule has 1 fully saturated rings. The predicted octanol–water partition coefficient (Wildman–Crippen LogP) is 4.60. The number of halogens is 7. The molecule has 2 atom stereocenters. The van der Waals surface area contributed by atoms with E-state index in [0.29, 0.717) is 0 Å². The number of hydrogen-bond donors (Lipinski definition) is 0. The molecule has 1 saturated heterocycles. The average Bonchev–Trinajstić information content (AvgIpc) is 3.04. The second kappa shape index (κ2) is 5.15. The minimum absolute atomic E-state index is 0.0685. The molecule has 1 aromatic carbocycles. The second-order valence-corrected chi connectivity index (χ2v) is 6.17. The van der Waals surface area contributed by atoms with E-state index in [1.54, 1.807) is 0 Å². The fourth-order valence-corrected chi connectivity index (χ4v) is 3.64. The first-order chi connectivity index (χ1) is 11.0. The van der Waals surface area contributed by atoms with E-state index in [0.717, 1.165) is 18.2 Å². The molecule has 0 unspecified atom stereocenters. The highest BCUT2D eigenvalue weighted by Gasteiger charge is 2.81. The Morgan fingerprint density at radius 1 is 1.04 bits per heavy atom. The van der Waals surface area contributed by atoms with E-state index < -0.39 is 42.2 Å². The van der Waals surface area contributed by atoms with E-state index in [4.69, 9.17) is 11.6 Å². The number of fused-ring (bicyclic) bond motifs is 2. The molecule has 9 heteroatoms. The molecule has 24 heavy (non-hydrogen) atoms. The van der Waals surface area contributed by atoms with Crippen molar-refractivity contribution in [3.8, 4) is 0 Å². The highest BCUT2D eigenvalue weighted by Crippen LogP contribution is 2.60. The van der Waals surface area contributed by atoms with Gasteiger partial charge in [0.25, 0.3) is 5.91 Å². The van der Waals surface area contributed by atoms with Gasteiger partial charge in [-0.3, -0.25) is 4.79 Å². The number of rotatable bonds is 1. The van der Waals surface area contributed by atoms with Gasteiger partial charge in [0.2, 0.25) is 5.54 Å². The quantitative estimate of drug-likeness (QED) is 0.523. The second-order valence-electron chi connectivity index (χ2n) is 5.74. The van der Waals surface area contributed by atoms with Gasteiger partial charge in [0.05, 0.1) is 6.04 Å². The average molecular weight is 370 g/mol. The lowest BCUT2D eigenvalue weighted by Crippen LogP contribution is -2.70. The minimum Gasteiger partial charge on any atom is -0.309 e. The Labute approximate surface area is 137 Å². The van der Waals surface area contributed by atoms with Crippen LogP contribution in [0.2, 0.25) is 5.02 Å². The molecule has 2 nitrogen and oxygen atoms in total. The molecule has 2 bridgehead atoms. The summed E-state index contributed by atoms with van der Waals surface area (Å²) in [4.78, 5) is 12.4. The maximum absolute atomic E-state index is 13.6. The van der Waals surface area contributed by atoms with Crippen LogP contribution in [0, 0.1) is 5.92 Å². The van der Waals surface area contributed by atoms with Crippen LogP contribution in [0.3, 0.4) is 0 Å². The molecular formula is C15H10ClF6NO. The SMILES string of the molecule is O=C(c1ccc(Cl)cc1)N1[C@@H]2C=C[C@@H](C2)C1(C(F)(F)F)C(F)(F)F. The van der Waals surface area contributed by atoms with Crippen LogP contribution in [0.25, 0.3) is 0 Å². The molecule has 1 amide bonds. The molecule has 130 valence electrons. The van der Waals surface area contributed by atoms with E-state index in [1.165, 1.54) is 18.2 Å². The molecule has 1 aliphatic carbocycles. The van der Waals surface area contributed by atoms with Crippen LogP contribution < -0.4 is 0 Å². The summed E-state index contributed by atoms with van der Waals surface area (Å²) in [7, 11) is 0. The van der Waals surface area contributed by atoms with Gasteiger partial charge in [0.1, 0.15) is 0 Å². The number of alkyl halides is 6. The van der Waals surface area contributed by atoms with E-state index in [9.17, 15) is 31.1 Å². The Hall–Kier alpha value is -1.70. The first-order valence-corrected chi connectivity index (χ1v) is 7.29. The third kappa shape index (κ3) is 2.15. The summed E-state index contributed by atoms with van der Waals surface area (Å²) < 4.78 is 81.5. The monoisotopic (exact) mass is 369 g/mol. The molecule has 1 aromatic rings. The van der Waals surface area contributed by atoms with Crippen molar-refractivity contribution >= 4 is 17.5 Å². The van der Waals surface area contributed by atoms with Crippen molar-refractivity contribution in [2.24, 2.45) is 5.92 Å². The van der Waals surface area contributed by atoms with Crippen molar-refractivity contribution in [1.29, 1.82) is 0 Å². The molecule has 0 saturated carbocycles.